The number of hydrogen-bond donors (Lipinski definition) is 1. The Labute approximate surface area is 171 Å². The normalized spacial score (nSPS) is 11.7. The lowest BCUT2D eigenvalue weighted by atomic mass is 10.2. The molecule has 1 aromatic carbocycles. The molecule has 6 nitrogen and oxygen atoms in total. The molecule has 1 amide bonds. The van der Waals surface area contributed by atoms with Crippen LogP contribution >= 0.6 is 46.4 Å². The molecule has 2 aromatic rings. The molecule has 0 aliphatic carbocycles. The van der Waals surface area contributed by atoms with E-state index < -0.39 is 15.9 Å². The monoisotopic (exact) mass is 455 g/mol. The third kappa shape index (κ3) is 4.08. The fraction of sp³-hybridized carbons (Fsp3) is 0.200. The maximum Gasteiger partial charge on any atom is 0.275 e. The van der Waals surface area contributed by atoms with Gasteiger partial charge in [-0.05, 0) is 24.6 Å². The number of hydrogen-bond acceptors (Lipinski definition) is 4. The molecule has 0 bridgehead atoms. The van der Waals surface area contributed by atoms with Gasteiger partial charge in [0.25, 0.3) is 5.91 Å². The first-order chi connectivity index (χ1) is 12.0. The van der Waals surface area contributed by atoms with Crippen LogP contribution in [0.3, 0.4) is 0 Å². The number of sulfonamides is 1. The maximum atomic E-state index is 12.5. The summed E-state index contributed by atoms with van der Waals surface area (Å²) < 4.78 is 25.8. The molecular formula is C15H13Cl4N3O3S. The van der Waals surface area contributed by atoms with E-state index in [0.717, 1.165) is 4.31 Å². The van der Waals surface area contributed by atoms with E-state index in [0.29, 0.717) is 5.56 Å². The average Bonchev–Trinajstić information content (AvgIpc) is 2.57. The lowest BCUT2D eigenvalue weighted by molar-refractivity contribution is 0.102. The Morgan fingerprint density at radius 1 is 1.08 bits per heavy atom. The summed E-state index contributed by atoms with van der Waals surface area (Å²) in [5.74, 6) is -0.715. The van der Waals surface area contributed by atoms with E-state index in [9.17, 15) is 13.2 Å². The van der Waals surface area contributed by atoms with E-state index in [1.807, 2.05) is 0 Å². The standard InChI is InChI=1S/C15H13Cl4N3O3S/c1-7-4-5-8(6-9(7)26(24,25)22(2)3)20-15(23)13-11(17)10(16)12(18)14(19)21-13/h4-6H,1-3H3,(H,20,23). The maximum absolute atomic E-state index is 12.5. The van der Waals surface area contributed by atoms with Gasteiger partial charge in [-0.25, -0.2) is 17.7 Å². The molecule has 26 heavy (non-hydrogen) atoms. The number of carbonyl (C=O) groups is 1. The van der Waals surface area contributed by atoms with Gasteiger partial charge in [0.15, 0.2) is 0 Å². The SMILES string of the molecule is Cc1ccc(NC(=O)c2nc(Cl)c(Cl)c(Cl)c2Cl)cc1S(=O)(=O)N(C)C. The molecule has 0 atom stereocenters. The first-order valence-corrected chi connectivity index (χ1v) is 9.96. The molecule has 11 heteroatoms. The molecule has 2 rings (SSSR count). The Hall–Kier alpha value is -1.09. The topological polar surface area (TPSA) is 79.4 Å². The minimum absolute atomic E-state index is 0.0616. The van der Waals surface area contributed by atoms with Crippen LogP contribution in [-0.2, 0) is 10.0 Å². The van der Waals surface area contributed by atoms with Crippen molar-refractivity contribution >= 4 is 68.0 Å². The lowest BCUT2D eigenvalue weighted by Crippen LogP contribution is -2.23. The highest BCUT2D eigenvalue weighted by atomic mass is 35.5. The summed E-state index contributed by atoms with van der Waals surface area (Å²) in [7, 11) is -0.841. The summed E-state index contributed by atoms with van der Waals surface area (Å²) >= 11 is 23.6. The van der Waals surface area contributed by atoms with Crippen LogP contribution in [-0.4, -0.2) is 37.7 Å². The molecule has 1 heterocycles. The minimum Gasteiger partial charge on any atom is -0.321 e. The quantitative estimate of drug-likeness (QED) is 0.686. The number of nitrogens with one attached hydrogen (secondary N) is 1. The second-order valence-electron chi connectivity index (χ2n) is 5.41. The second kappa shape index (κ2) is 7.88. The fourth-order valence-electron chi connectivity index (χ4n) is 1.98. The molecule has 0 saturated carbocycles. The van der Waals surface area contributed by atoms with Crippen molar-refractivity contribution in [2.75, 3.05) is 19.4 Å². The number of rotatable bonds is 4. The van der Waals surface area contributed by atoms with Gasteiger partial charge in [0, 0.05) is 19.8 Å². The van der Waals surface area contributed by atoms with Crippen LogP contribution in [0.4, 0.5) is 5.69 Å². The molecule has 0 aliphatic rings. The van der Waals surface area contributed by atoms with Gasteiger partial charge in [0.05, 0.1) is 20.0 Å². The van der Waals surface area contributed by atoms with Crippen molar-refractivity contribution in [3.63, 3.8) is 0 Å². The van der Waals surface area contributed by atoms with Crippen LogP contribution in [0.5, 0.6) is 0 Å². The van der Waals surface area contributed by atoms with Crippen molar-refractivity contribution in [3.8, 4) is 0 Å². The van der Waals surface area contributed by atoms with Crippen molar-refractivity contribution in [2.24, 2.45) is 0 Å². The highest BCUT2D eigenvalue weighted by molar-refractivity contribution is 7.89. The van der Waals surface area contributed by atoms with Gasteiger partial charge >= 0.3 is 0 Å². The van der Waals surface area contributed by atoms with E-state index in [1.54, 1.807) is 19.1 Å². The number of amides is 1. The highest BCUT2D eigenvalue weighted by Crippen LogP contribution is 2.36. The summed E-state index contributed by atoms with van der Waals surface area (Å²) in [6.07, 6.45) is 0. The summed E-state index contributed by atoms with van der Waals surface area (Å²) in [5.41, 5.74) is 0.537. The third-order valence-electron chi connectivity index (χ3n) is 3.40. The summed E-state index contributed by atoms with van der Waals surface area (Å²) in [4.78, 5) is 16.3. The van der Waals surface area contributed by atoms with Crippen molar-refractivity contribution < 1.29 is 13.2 Å². The first kappa shape index (κ1) is 21.2. The van der Waals surface area contributed by atoms with Crippen LogP contribution in [0.1, 0.15) is 16.1 Å². The molecule has 0 saturated heterocycles. The van der Waals surface area contributed by atoms with Crippen LogP contribution in [0.2, 0.25) is 20.2 Å². The molecule has 1 aromatic heterocycles. The van der Waals surface area contributed by atoms with Crippen molar-refractivity contribution in [3.05, 3.63) is 49.7 Å². The number of aryl methyl sites for hydroxylation is 1. The summed E-state index contributed by atoms with van der Waals surface area (Å²) in [6.45, 7) is 1.65. The number of aromatic nitrogens is 1. The number of carbonyl (C=O) groups excluding carboxylic acids is 1. The Balaban J connectivity index is 2.43. The zero-order valence-corrected chi connectivity index (χ0v) is 17.6. The van der Waals surface area contributed by atoms with Gasteiger partial charge in [-0.1, -0.05) is 52.5 Å². The highest BCUT2D eigenvalue weighted by Gasteiger charge is 2.23. The van der Waals surface area contributed by atoms with Gasteiger partial charge in [0.1, 0.15) is 10.8 Å². The molecule has 0 spiro atoms. The van der Waals surface area contributed by atoms with E-state index in [-0.39, 0.29) is 36.5 Å². The zero-order chi connectivity index (χ0) is 19.8. The number of pyridine rings is 1. The predicted molar refractivity (Wildman–Crippen MR) is 104 cm³/mol. The predicted octanol–water partition coefficient (Wildman–Crippen LogP) is 4.51. The first-order valence-electron chi connectivity index (χ1n) is 7.01. The Kier molecular flexibility index (Phi) is 6.43. The van der Waals surface area contributed by atoms with Gasteiger partial charge in [-0.15, -0.1) is 0 Å². The van der Waals surface area contributed by atoms with Crippen LogP contribution in [0.15, 0.2) is 23.1 Å². The molecule has 0 fully saturated rings. The second-order valence-corrected chi connectivity index (χ2v) is 9.03. The van der Waals surface area contributed by atoms with Gasteiger partial charge in [0.2, 0.25) is 10.0 Å². The van der Waals surface area contributed by atoms with Gasteiger partial charge < -0.3 is 5.32 Å². The fourth-order valence-corrected chi connectivity index (χ4v) is 3.94. The van der Waals surface area contributed by atoms with Crippen molar-refractivity contribution in [1.82, 2.24) is 9.29 Å². The van der Waals surface area contributed by atoms with Crippen molar-refractivity contribution in [1.29, 1.82) is 0 Å². The summed E-state index contributed by atoms with van der Waals surface area (Å²) in [6, 6.07) is 4.47. The molecule has 0 aliphatic heterocycles. The van der Waals surface area contributed by atoms with E-state index in [2.05, 4.69) is 10.3 Å². The Morgan fingerprint density at radius 2 is 1.69 bits per heavy atom. The Morgan fingerprint density at radius 3 is 2.27 bits per heavy atom. The smallest absolute Gasteiger partial charge is 0.275 e. The number of halogens is 4. The Bertz CT molecular complexity index is 994. The van der Waals surface area contributed by atoms with E-state index >= 15 is 0 Å². The molecule has 0 radical (unpaired) electrons. The van der Waals surface area contributed by atoms with Gasteiger partial charge in [-0.3, -0.25) is 4.79 Å². The molecular weight excluding hydrogens is 444 g/mol. The van der Waals surface area contributed by atoms with Crippen LogP contribution < -0.4 is 5.32 Å². The number of nitrogens with zero attached hydrogens (tertiary/aromatic N) is 2. The van der Waals surface area contributed by atoms with Crippen molar-refractivity contribution in [2.45, 2.75) is 11.8 Å². The summed E-state index contributed by atoms with van der Waals surface area (Å²) in [5, 5.41) is 2.02. The van der Waals surface area contributed by atoms with E-state index in [1.165, 1.54) is 20.2 Å². The average molecular weight is 457 g/mol. The van der Waals surface area contributed by atoms with Crippen LogP contribution in [0, 0.1) is 6.92 Å². The molecule has 1 N–H and O–H groups in total. The van der Waals surface area contributed by atoms with E-state index in [4.69, 9.17) is 46.4 Å². The van der Waals surface area contributed by atoms with Crippen LogP contribution in [0.25, 0.3) is 0 Å². The zero-order valence-electron chi connectivity index (χ0n) is 13.8. The molecule has 0 unspecified atom stereocenters. The molecule has 140 valence electrons. The van der Waals surface area contributed by atoms with Gasteiger partial charge in [-0.2, -0.15) is 0 Å². The number of anilines is 1. The number of benzene rings is 1. The minimum atomic E-state index is -3.68. The lowest BCUT2D eigenvalue weighted by Gasteiger charge is -2.15. The largest absolute Gasteiger partial charge is 0.321 e. The third-order valence-corrected chi connectivity index (χ3v) is 7.04.